The van der Waals surface area contributed by atoms with Gasteiger partial charge in [-0.2, -0.15) is 5.10 Å². The van der Waals surface area contributed by atoms with E-state index >= 15 is 0 Å². The lowest BCUT2D eigenvalue weighted by Crippen LogP contribution is -2.13. The number of imidazole rings is 1. The summed E-state index contributed by atoms with van der Waals surface area (Å²) in [6, 6.07) is 10.9. The summed E-state index contributed by atoms with van der Waals surface area (Å²) in [7, 11) is 0. The summed E-state index contributed by atoms with van der Waals surface area (Å²) in [5.41, 5.74) is 16.8. The summed E-state index contributed by atoms with van der Waals surface area (Å²) >= 11 is 12.2. The van der Waals surface area contributed by atoms with E-state index in [9.17, 15) is 0 Å². The van der Waals surface area contributed by atoms with Crippen LogP contribution < -0.4 is 11.5 Å². The highest BCUT2D eigenvalue weighted by Gasteiger charge is 2.22. The van der Waals surface area contributed by atoms with Crippen LogP contribution in [0.15, 0.2) is 47.7 Å². The van der Waals surface area contributed by atoms with Gasteiger partial charge in [-0.1, -0.05) is 41.4 Å². The molecule has 0 saturated heterocycles. The third-order valence-corrected chi connectivity index (χ3v) is 4.93. The van der Waals surface area contributed by atoms with E-state index in [1.807, 2.05) is 18.2 Å². The third-order valence-electron chi connectivity index (χ3n) is 4.49. The highest BCUT2D eigenvalue weighted by molar-refractivity contribution is 6.35. The van der Waals surface area contributed by atoms with Gasteiger partial charge in [-0.25, -0.2) is 9.66 Å². The van der Waals surface area contributed by atoms with Crippen LogP contribution in [0.2, 0.25) is 10.0 Å². The number of nitrogens with one attached hydrogen (secondary N) is 1. The minimum Gasteiger partial charge on any atom is -0.384 e. The first kappa shape index (κ1) is 17.6. The zero-order valence-corrected chi connectivity index (χ0v) is 15.7. The van der Waals surface area contributed by atoms with E-state index in [4.69, 9.17) is 40.1 Å². The van der Waals surface area contributed by atoms with Gasteiger partial charge >= 0.3 is 0 Å². The van der Waals surface area contributed by atoms with Crippen molar-refractivity contribution in [3.63, 3.8) is 0 Å². The van der Waals surface area contributed by atoms with Crippen LogP contribution in [0.3, 0.4) is 0 Å². The van der Waals surface area contributed by atoms with Crippen LogP contribution in [0.25, 0.3) is 11.3 Å². The van der Waals surface area contributed by atoms with Gasteiger partial charge in [-0.3, -0.25) is 5.41 Å². The summed E-state index contributed by atoms with van der Waals surface area (Å²) in [5.74, 6) is 0.333. The maximum atomic E-state index is 7.74. The lowest BCUT2D eigenvalue weighted by Gasteiger charge is -2.06. The van der Waals surface area contributed by atoms with Crippen molar-refractivity contribution in [3.8, 4) is 11.3 Å². The molecule has 8 heteroatoms. The molecule has 0 aliphatic heterocycles. The van der Waals surface area contributed by atoms with Crippen LogP contribution in [0.1, 0.15) is 23.1 Å². The Labute approximate surface area is 165 Å². The van der Waals surface area contributed by atoms with E-state index in [-0.39, 0.29) is 11.8 Å². The SMILES string of the molecule is N=C(N)c1cccc2c1CC/C2=N\n1cc(-c2cc(Cl)cc(Cl)c2)nc1N. The number of halogens is 2. The van der Waals surface area contributed by atoms with Gasteiger partial charge in [0.25, 0.3) is 0 Å². The fourth-order valence-corrected chi connectivity index (χ4v) is 3.82. The first-order chi connectivity index (χ1) is 12.9. The molecule has 0 bridgehead atoms. The normalized spacial score (nSPS) is 14.5. The molecule has 6 nitrogen and oxygen atoms in total. The fraction of sp³-hybridized carbons (Fsp3) is 0.105. The van der Waals surface area contributed by atoms with Crippen molar-refractivity contribution in [2.24, 2.45) is 10.8 Å². The standard InChI is InChI=1S/C19H16Cl2N6/c20-11-6-10(7-12(21)8-11)17-9-27(19(24)25-17)26-16-5-4-13-14(16)2-1-3-15(13)18(22)23/h1-3,6-9H,4-5H2,(H3,22,23)(H2,24,25)/b26-16+. The molecule has 0 saturated carbocycles. The van der Waals surface area contributed by atoms with Gasteiger partial charge in [-0.15, -0.1) is 0 Å². The Balaban J connectivity index is 1.74. The van der Waals surface area contributed by atoms with E-state index in [1.54, 1.807) is 29.1 Å². The zero-order chi connectivity index (χ0) is 19.1. The Morgan fingerprint density at radius 3 is 2.59 bits per heavy atom. The maximum absolute atomic E-state index is 7.74. The van der Waals surface area contributed by atoms with Gasteiger partial charge in [0.2, 0.25) is 5.95 Å². The molecule has 2 aromatic carbocycles. The molecule has 0 spiro atoms. The first-order valence-corrected chi connectivity index (χ1v) is 9.04. The van der Waals surface area contributed by atoms with Crippen molar-refractivity contribution in [2.45, 2.75) is 12.8 Å². The average molecular weight is 399 g/mol. The lowest BCUT2D eigenvalue weighted by atomic mass is 10.0. The topological polar surface area (TPSA) is 106 Å². The van der Waals surface area contributed by atoms with E-state index in [1.165, 1.54) is 0 Å². The van der Waals surface area contributed by atoms with Crippen molar-refractivity contribution in [1.82, 2.24) is 9.66 Å². The number of hydrogen-bond acceptors (Lipinski definition) is 4. The molecule has 1 heterocycles. The molecule has 0 unspecified atom stereocenters. The number of rotatable bonds is 3. The Morgan fingerprint density at radius 1 is 1.15 bits per heavy atom. The van der Waals surface area contributed by atoms with Gasteiger partial charge in [0.05, 0.1) is 17.6 Å². The predicted molar refractivity (Wildman–Crippen MR) is 110 cm³/mol. The van der Waals surface area contributed by atoms with Crippen LogP contribution in [0, 0.1) is 5.41 Å². The second kappa shape index (κ2) is 6.72. The number of nitrogens with zero attached hydrogens (tertiary/aromatic N) is 3. The number of amidine groups is 1. The van der Waals surface area contributed by atoms with E-state index in [2.05, 4.69) is 10.1 Å². The van der Waals surface area contributed by atoms with Crippen molar-refractivity contribution in [1.29, 1.82) is 5.41 Å². The minimum absolute atomic E-state index is 0.0652. The van der Waals surface area contributed by atoms with E-state index in [0.717, 1.165) is 40.8 Å². The van der Waals surface area contributed by atoms with Gasteiger partial charge in [0, 0.05) is 26.7 Å². The Kier molecular flexibility index (Phi) is 4.37. The number of nitrogens with two attached hydrogens (primary N) is 2. The second-order valence-electron chi connectivity index (χ2n) is 6.28. The van der Waals surface area contributed by atoms with Crippen molar-refractivity contribution >= 4 is 40.7 Å². The number of anilines is 1. The van der Waals surface area contributed by atoms with Crippen molar-refractivity contribution in [2.75, 3.05) is 5.73 Å². The summed E-state index contributed by atoms with van der Waals surface area (Å²) in [4.78, 5) is 4.37. The van der Waals surface area contributed by atoms with Crippen LogP contribution in [-0.2, 0) is 6.42 Å². The quantitative estimate of drug-likeness (QED) is 0.459. The molecular formula is C19H16Cl2N6. The van der Waals surface area contributed by atoms with Crippen molar-refractivity contribution < 1.29 is 0 Å². The Morgan fingerprint density at radius 2 is 1.89 bits per heavy atom. The molecule has 0 atom stereocenters. The monoisotopic (exact) mass is 398 g/mol. The van der Waals surface area contributed by atoms with Gasteiger partial charge < -0.3 is 11.5 Å². The number of aromatic nitrogens is 2. The van der Waals surface area contributed by atoms with Crippen molar-refractivity contribution in [3.05, 3.63) is 69.3 Å². The Bertz CT molecular complexity index is 1080. The van der Waals surface area contributed by atoms with Gasteiger partial charge in [0.1, 0.15) is 5.84 Å². The molecule has 0 fully saturated rings. The highest BCUT2D eigenvalue weighted by Crippen LogP contribution is 2.29. The summed E-state index contributed by atoms with van der Waals surface area (Å²) in [5, 5.41) is 13.5. The van der Waals surface area contributed by atoms with Crippen LogP contribution in [-0.4, -0.2) is 21.2 Å². The molecule has 1 aliphatic rings. The molecule has 1 aromatic heterocycles. The fourth-order valence-electron chi connectivity index (χ4n) is 3.30. The molecule has 0 radical (unpaired) electrons. The number of benzene rings is 2. The molecular weight excluding hydrogens is 383 g/mol. The van der Waals surface area contributed by atoms with Gasteiger partial charge in [0.15, 0.2) is 0 Å². The molecule has 27 heavy (non-hydrogen) atoms. The summed E-state index contributed by atoms with van der Waals surface area (Å²) < 4.78 is 1.55. The van der Waals surface area contributed by atoms with Crippen LogP contribution in [0.5, 0.6) is 0 Å². The molecule has 5 N–H and O–H groups in total. The minimum atomic E-state index is 0.0652. The number of fused-ring (bicyclic) bond motifs is 1. The second-order valence-corrected chi connectivity index (χ2v) is 7.15. The Hall–Kier alpha value is -2.83. The van der Waals surface area contributed by atoms with Crippen LogP contribution in [0.4, 0.5) is 5.95 Å². The molecule has 3 aromatic rings. The summed E-state index contributed by atoms with van der Waals surface area (Å²) in [6.07, 6.45) is 3.28. The first-order valence-electron chi connectivity index (χ1n) is 8.28. The maximum Gasteiger partial charge on any atom is 0.221 e. The number of hydrogen-bond donors (Lipinski definition) is 3. The largest absolute Gasteiger partial charge is 0.384 e. The molecule has 4 rings (SSSR count). The predicted octanol–water partition coefficient (Wildman–Crippen LogP) is 3.92. The smallest absolute Gasteiger partial charge is 0.221 e. The van der Waals surface area contributed by atoms with Gasteiger partial charge in [-0.05, 0) is 36.6 Å². The summed E-state index contributed by atoms with van der Waals surface area (Å²) in [6.45, 7) is 0. The van der Waals surface area contributed by atoms with Crippen LogP contribution >= 0.6 is 23.2 Å². The molecule has 1 aliphatic carbocycles. The highest BCUT2D eigenvalue weighted by atomic mass is 35.5. The van der Waals surface area contributed by atoms with E-state index in [0.29, 0.717) is 15.7 Å². The lowest BCUT2D eigenvalue weighted by molar-refractivity contribution is 0.883. The average Bonchev–Trinajstić information content (AvgIpc) is 3.18. The zero-order valence-electron chi connectivity index (χ0n) is 14.2. The third kappa shape index (κ3) is 3.29. The number of nitrogen functional groups attached to an aromatic ring is 2. The van der Waals surface area contributed by atoms with E-state index < -0.39 is 0 Å². The molecule has 0 amide bonds. The molecule has 136 valence electrons.